The van der Waals surface area contributed by atoms with Crippen LogP contribution in [0.3, 0.4) is 0 Å². The van der Waals surface area contributed by atoms with Gasteiger partial charge in [-0.1, -0.05) is 129 Å². The molecule has 12 amide bonds. The average Bonchev–Trinajstić information content (AvgIpc) is 1.31. The Bertz CT molecular complexity index is 3600. The van der Waals surface area contributed by atoms with Crippen molar-refractivity contribution < 1.29 is 70.7 Å². The quantitative estimate of drug-likeness (QED) is 0.192. The summed E-state index contributed by atoms with van der Waals surface area (Å²) in [6, 6.07) is 5.26. The van der Waals surface area contributed by atoms with Crippen molar-refractivity contribution in [2.75, 3.05) is 76.5 Å². The largest absolute Gasteiger partial charge is 0.417 e. The number of aryl methyl sites for hydroxylation is 2. The third-order valence-corrected chi connectivity index (χ3v) is 21.7. The normalized spacial score (nSPS) is 25.1. The highest BCUT2D eigenvalue weighted by Crippen LogP contribution is 2.37. The number of fused-ring (bicyclic) bond motifs is 1. The van der Waals surface area contributed by atoms with Crippen molar-refractivity contribution in [3.05, 3.63) is 104 Å². The van der Waals surface area contributed by atoms with Gasteiger partial charge in [0.2, 0.25) is 70.9 Å². The van der Waals surface area contributed by atoms with E-state index in [4.69, 9.17) is 11.6 Å². The Morgan fingerprint density at radius 1 is 0.667 bits per heavy atom. The van der Waals surface area contributed by atoms with Crippen molar-refractivity contribution in [3.63, 3.8) is 0 Å². The van der Waals surface area contributed by atoms with Gasteiger partial charge in [0.15, 0.2) is 0 Å². The van der Waals surface area contributed by atoms with Gasteiger partial charge < -0.3 is 60.0 Å². The second-order valence-corrected chi connectivity index (χ2v) is 29.4. The first kappa shape index (κ1) is 82.8. The number of carbonyl (C=O) groups is 12. The van der Waals surface area contributed by atoms with E-state index < -0.39 is 172 Å². The highest BCUT2D eigenvalue weighted by Gasteiger charge is 2.51. The van der Waals surface area contributed by atoms with Crippen LogP contribution in [-0.2, 0) is 83.0 Å². The smallest absolute Gasteiger partial charge is 0.347 e. The van der Waals surface area contributed by atoms with Gasteiger partial charge >= 0.3 is 6.18 Å². The molecule has 1 aliphatic carbocycles. The third-order valence-electron chi connectivity index (χ3n) is 20.9. The van der Waals surface area contributed by atoms with Gasteiger partial charge in [0, 0.05) is 87.3 Å². The molecule has 0 unspecified atom stereocenters. The molecule has 11 atom stereocenters. The van der Waals surface area contributed by atoms with Crippen LogP contribution in [0.2, 0.25) is 5.02 Å². The summed E-state index contributed by atoms with van der Waals surface area (Å²) in [5, 5.41) is 7.95. The van der Waals surface area contributed by atoms with Gasteiger partial charge in [-0.25, -0.2) is 0 Å². The Labute approximate surface area is 610 Å². The Hall–Kier alpha value is -8.14. The minimum absolute atomic E-state index is 0.0658. The summed E-state index contributed by atoms with van der Waals surface area (Å²) in [5.41, 5.74) is -0.458. The lowest BCUT2D eigenvalue weighted by atomic mass is 9.90. The number of likely N-dealkylation sites (N-methyl/N-ethyl adjacent to an activating group) is 8. The Morgan fingerprint density at radius 2 is 1.26 bits per heavy atom. The van der Waals surface area contributed by atoms with Crippen molar-refractivity contribution in [1.29, 1.82) is 0 Å². The van der Waals surface area contributed by atoms with Crippen molar-refractivity contribution in [1.82, 2.24) is 60.0 Å². The Morgan fingerprint density at radius 3 is 1.82 bits per heavy atom. The lowest BCUT2D eigenvalue weighted by Crippen LogP contribution is -2.65. The van der Waals surface area contributed by atoms with Crippen LogP contribution in [0.15, 0.2) is 71.2 Å². The van der Waals surface area contributed by atoms with Gasteiger partial charge in [0.1, 0.15) is 59.9 Å². The van der Waals surface area contributed by atoms with Gasteiger partial charge in [-0.3, -0.25) is 57.5 Å². The summed E-state index contributed by atoms with van der Waals surface area (Å²) in [6.45, 7) is 11.2. The lowest BCUT2D eigenvalue weighted by molar-refractivity contribution is -0.160. The standard InChI is InChI=1S/C73H101BrClF3N12O12/c1-17-43(4)60-69(100)85(12)46(7)64(95)90-35-32-54(90)68(99)87(14)56(38-48-26-24-42(3)25-27-48)67(98)83(10)41-58(91)79-53(31-29-47-28-30-51(52(75)37-47)73(76,77)78)65(96)86(13)55(39-49-22-21-23-50(74)36-49)63(94)81-72(33-19-20-34-72)71(102)89(16)61(44(5)18-2)70(101)88(15)57(66(97)82(8)9)40-59(92)84(11)45(6)62(93)80-60/h21-28,30,36-37,43-46,53-57,60-61H,17-20,29,31-35,38-41H2,1-16H3,(H,79,91)(H,80,93)(H,81,94)/t43-,44-,45-,46-,53-,54-,55-,56-,57-,60-,61-/m0/s1. The number of nitrogens with one attached hydrogen (secondary N) is 3. The van der Waals surface area contributed by atoms with Gasteiger partial charge in [0.05, 0.1) is 23.6 Å². The van der Waals surface area contributed by atoms with Crippen molar-refractivity contribution in [2.45, 2.75) is 192 Å². The average molecular weight is 1510 g/mol. The lowest BCUT2D eigenvalue weighted by Gasteiger charge is -2.45. The number of rotatable bonds is 12. The summed E-state index contributed by atoms with van der Waals surface area (Å²) >= 11 is 9.68. The fourth-order valence-electron chi connectivity index (χ4n) is 13.3. The first-order valence-electron chi connectivity index (χ1n) is 34.7. The highest BCUT2D eigenvalue weighted by atomic mass is 79.9. The van der Waals surface area contributed by atoms with Gasteiger partial charge in [-0.2, -0.15) is 13.2 Å². The second-order valence-electron chi connectivity index (χ2n) is 28.1. The van der Waals surface area contributed by atoms with Gasteiger partial charge in [0.25, 0.3) is 0 Å². The van der Waals surface area contributed by atoms with Crippen LogP contribution in [0.4, 0.5) is 13.2 Å². The number of hydrogen-bond acceptors (Lipinski definition) is 12. The fourth-order valence-corrected chi connectivity index (χ4v) is 14.1. The van der Waals surface area contributed by atoms with E-state index in [0.717, 1.165) is 37.3 Å². The minimum atomic E-state index is -4.80. The van der Waals surface area contributed by atoms with Crippen molar-refractivity contribution in [3.8, 4) is 0 Å². The predicted molar refractivity (Wildman–Crippen MR) is 381 cm³/mol. The van der Waals surface area contributed by atoms with E-state index in [1.54, 1.807) is 64.1 Å². The van der Waals surface area contributed by atoms with Crippen LogP contribution in [0.5, 0.6) is 0 Å². The van der Waals surface area contributed by atoms with Crippen LogP contribution in [0, 0.1) is 18.8 Å². The molecule has 0 radical (unpaired) electrons. The number of benzene rings is 3. The van der Waals surface area contributed by atoms with E-state index in [2.05, 4.69) is 31.9 Å². The van der Waals surface area contributed by atoms with Crippen LogP contribution in [0.25, 0.3) is 0 Å². The summed E-state index contributed by atoms with van der Waals surface area (Å²) in [6.07, 6.45) is -4.15. The van der Waals surface area contributed by atoms with E-state index >= 15 is 24.0 Å². The molecule has 3 aliphatic rings. The zero-order valence-electron chi connectivity index (χ0n) is 61.4. The van der Waals surface area contributed by atoms with Crippen molar-refractivity contribution in [2.24, 2.45) is 11.8 Å². The first-order valence-corrected chi connectivity index (χ1v) is 35.8. The molecule has 0 bridgehead atoms. The maximum absolute atomic E-state index is 15.6. The van der Waals surface area contributed by atoms with Crippen LogP contribution >= 0.6 is 27.5 Å². The minimum Gasteiger partial charge on any atom is -0.347 e. The van der Waals surface area contributed by atoms with E-state index in [-0.39, 0.29) is 57.1 Å². The number of alkyl halides is 3. The molecule has 3 N–H and O–H groups in total. The molecular weight excluding hydrogens is 1410 g/mol. The molecule has 2 heterocycles. The van der Waals surface area contributed by atoms with Crippen LogP contribution in [-0.4, -0.2) is 251 Å². The molecule has 102 heavy (non-hydrogen) atoms. The monoisotopic (exact) mass is 1510 g/mol. The summed E-state index contributed by atoms with van der Waals surface area (Å²) in [7, 11) is 12.4. The SMILES string of the molecule is CC[C@H](C)[C@@H]1NC(=O)[C@H](C)N(C)C(=O)C[C@@H](C(=O)N(C)C)N(C)C(=O)[C@H]([C@@H](C)CC)N(C)C(=O)C2(CCCC2)NC(=O)[C@H](Cc2cccc(Br)c2)N(C)C(=O)[C@H](CCc2ccc(C(F)(F)F)c(Cl)c2)NC(=O)CN(C)C(=O)[C@H](Cc2ccc(C)cc2)N(C)C(=O)[C@@H]2CCN2C(=O)[C@H](C)N(C)C1=O. The second kappa shape index (κ2) is 35.4. The molecule has 29 heteroatoms. The zero-order chi connectivity index (χ0) is 76.3. The molecule has 3 aromatic rings. The fraction of sp³-hybridized carbons (Fsp3) is 0.589. The Balaban J connectivity index is 1.49. The molecule has 6 rings (SSSR count). The van der Waals surface area contributed by atoms with Crippen molar-refractivity contribution >= 4 is 98.4 Å². The highest BCUT2D eigenvalue weighted by molar-refractivity contribution is 9.10. The first-order chi connectivity index (χ1) is 47.7. The molecule has 0 aromatic heterocycles. The zero-order valence-corrected chi connectivity index (χ0v) is 63.8. The third kappa shape index (κ3) is 19.6. The molecule has 1 spiro atoms. The maximum Gasteiger partial charge on any atom is 0.417 e. The molecule has 1 saturated carbocycles. The molecule has 2 aliphatic heterocycles. The summed E-state index contributed by atoms with van der Waals surface area (Å²) in [5.74, 6) is -9.85. The Kier molecular flexibility index (Phi) is 28.7. The maximum atomic E-state index is 15.6. The number of hydrogen-bond donors (Lipinski definition) is 3. The van der Waals surface area contributed by atoms with Gasteiger partial charge in [-0.05, 0) is 106 Å². The number of amides is 12. The topological polar surface area (TPSA) is 270 Å². The predicted octanol–water partition coefficient (Wildman–Crippen LogP) is 5.89. The number of halogens is 5. The van der Waals surface area contributed by atoms with E-state index in [9.17, 15) is 46.7 Å². The molecule has 3 fully saturated rings. The van der Waals surface area contributed by atoms with Gasteiger partial charge in [-0.15, -0.1) is 0 Å². The van der Waals surface area contributed by atoms with E-state index in [0.29, 0.717) is 41.3 Å². The van der Waals surface area contributed by atoms with E-state index in [1.807, 2.05) is 19.1 Å². The van der Waals surface area contributed by atoms with Crippen LogP contribution in [0.1, 0.15) is 127 Å². The molecule has 2 saturated heterocycles. The summed E-state index contributed by atoms with van der Waals surface area (Å²) < 4.78 is 42.5. The number of nitrogens with zero attached hydrogens (tertiary/aromatic N) is 9. The molecule has 560 valence electrons. The molecule has 24 nitrogen and oxygen atoms in total. The van der Waals surface area contributed by atoms with E-state index in [1.165, 1.54) is 108 Å². The molecular formula is C73H101BrClF3N12O12. The number of carbonyl (C=O) groups excluding carboxylic acids is 12. The molecule has 3 aromatic carbocycles. The van der Waals surface area contributed by atoms with Crippen LogP contribution < -0.4 is 16.0 Å². The summed E-state index contributed by atoms with van der Waals surface area (Å²) in [4.78, 5) is 190.